The number of benzene rings is 2. The third kappa shape index (κ3) is 3.52. The first-order chi connectivity index (χ1) is 9.24. The molecule has 0 aliphatic carbocycles. The van der Waals surface area contributed by atoms with Crippen molar-refractivity contribution in [3.63, 3.8) is 0 Å². The van der Waals surface area contributed by atoms with E-state index < -0.39 is 0 Å². The summed E-state index contributed by atoms with van der Waals surface area (Å²) in [6.45, 7) is 2.70. The predicted octanol–water partition coefficient (Wildman–Crippen LogP) is 3.75. The number of nitrogens with two attached hydrogens (primary N) is 1. The summed E-state index contributed by atoms with van der Waals surface area (Å²) in [5.74, 6) is 1.82. The highest BCUT2D eigenvalue weighted by molar-refractivity contribution is 7.98. The molecule has 0 saturated heterocycles. The second-order valence-corrected chi connectivity index (χ2v) is 5.42. The van der Waals surface area contributed by atoms with E-state index in [2.05, 4.69) is 37.3 Å². The molecule has 0 heterocycles. The van der Waals surface area contributed by atoms with Crippen molar-refractivity contribution in [2.45, 2.75) is 24.1 Å². The molecule has 0 radical (unpaired) electrons. The van der Waals surface area contributed by atoms with Gasteiger partial charge in [0.1, 0.15) is 5.75 Å². The minimum atomic E-state index is 0.562. The van der Waals surface area contributed by atoms with E-state index in [-0.39, 0.29) is 0 Å². The van der Waals surface area contributed by atoms with Gasteiger partial charge in [0.2, 0.25) is 0 Å². The van der Waals surface area contributed by atoms with Gasteiger partial charge >= 0.3 is 0 Å². The lowest BCUT2D eigenvalue weighted by Crippen LogP contribution is -1.98. The van der Waals surface area contributed by atoms with Gasteiger partial charge in [0.25, 0.3) is 0 Å². The van der Waals surface area contributed by atoms with Gasteiger partial charge < -0.3 is 10.5 Å². The first kappa shape index (κ1) is 14.0. The van der Waals surface area contributed by atoms with E-state index >= 15 is 0 Å². The lowest BCUT2D eigenvalue weighted by atomic mass is 10.1. The number of hydrogen-bond acceptors (Lipinski definition) is 3. The first-order valence-electron chi connectivity index (χ1n) is 6.29. The molecule has 2 N–H and O–H groups in total. The van der Waals surface area contributed by atoms with Gasteiger partial charge in [-0.3, -0.25) is 0 Å². The zero-order chi connectivity index (χ0) is 13.7. The molecule has 2 aromatic carbocycles. The average molecular weight is 273 g/mol. The lowest BCUT2D eigenvalue weighted by Gasteiger charge is -2.11. The summed E-state index contributed by atoms with van der Waals surface area (Å²) < 4.78 is 5.41. The molecule has 100 valence electrons. The number of thioether (sulfide) groups is 1. The van der Waals surface area contributed by atoms with E-state index in [9.17, 15) is 0 Å². The molecule has 0 saturated carbocycles. The predicted molar refractivity (Wildman–Crippen MR) is 81.6 cm³/mol. The van der Waals surface area contributed by atoms with Crippen LogP contribution >= 0.6 is 11.8 Å². The Morgan fingerprint density at radius 2 is 1.95 bits per heavy atom. The maximum Gasteiger partial charge on any atom is 0.122 e. The second kappa shape index (κ2) is 6.64. The molecule has 2 aromatic rings. The van der Waals surface area contributed by atoms with Crippen LogP contribution in [0, 0.1) is 6.92 Å². The first-order valence-corrected chi connectivity index (χ1v) is 7.27. The summed E-state index contributed by atoms with van der Waals surface area (Å²) in [4.78, 5) is 1.31. The van der Waals surface area contributed by atoms with E-state index in [1.54, 1.807) is 7.11 Å². The van der Waals surface area contributed by atoms with Crippen LogP contribution in [0.2, 0.25) is 0 Å². The molecule has 3 heteroatoms. The second-order valence-electron chi connectivity index (χ2n) is 4.40. The normalized spacial score (nSPS) is 10.5. The molecule has 0 bridgehead atoms. The number of aryl methyl sites for hydroxylation is 1. The van der Waals surface area contributed by atoms with Crippen LogP contribution in [0.3, 0.4) is 0 Å². The maximum absolute atomic E-state index is 5.69. The van der Waals surface area contributed by atoms with Crippen LogP contribution in [-0.2, 0) is 12.3 Å². The van der Waals surface area contributed by atoms with Crippen LogP contribution in [0.4, 0.5) is 0 Å². The summed E-state index contributed by atoms with van der Waals surface area (Å²) in [6, 6.07) is 14.6. The van der Waals surface area contributed by atoms with Crippen molar-refractivity contribution in [2.24, 2.45) is 5.73 Å². The monoisotopic (exact) mass is 273 g/mol. The van der Waals surface area contributed by atoms with Crippen molar-refractivity contribution < 1.29 is 4.74 Å². The third-order valence-electron chi connectivity index (χ3n) is 3.06. The summed E-state index contributed by atoms with van der Waals surface area (Å²) >= 11 is 1.83. The lowest BCUT2D eigenvalue weighted by molar-refractivity contribution is 0.411. The van der Waals surface area contributed by atoms with Crippen molar-refractivity contribution in [3.8, 4) is 5.75 Å². The van der Waals surface area contributed by atoms with Crippen LogP contribution in [0.5, 0.6) is 5.75 Å². The molecule has 0 amide bonds. The van der Waals surface area contributed by atoms with Crippen molar-refractivity contribution in [2.75, 3.05) is 7.11 Å². The van der Waals surface area contributed by atoms with Gasteiger partial charge in [-0.15, -0.1) is 11.8 Å². The van der Waals surface area contributed by atoms with E-state index in [0.29, 0.717) is 6.54 Å². The SMILES string of the molecule is COc1ccc(CN)cc1CSc1ccccc1C. The largest absolute Gasteiger partial charge is 0.496 e. The number of hydrogen-bond donors (Lipinski definition) is 1. The van der Waals surface area contributed by atoms with Crippen molar-refractivity contribution in [1.29, 1.82) is 0 Å². The van der Waals surface area contributed by atoms with Gasteiger partial charge in [-0.2, -0.15) is 0 Å². The van der Waals surface area contributed by atoms with Gasteiger partial charge in [0, 0.05) is 22.8 Å². The van der Waals surface area contributed by atoms with Gasteiger partial charge in [-0.05, 0) is 36.2 Å². The Kier molecular flexibility index (Phi) is 4.88. The number of ether oxygens (including phenoxy) is 1. The van der Waals surface area contributed by atoms with Gasteiger partial charge in [-0.25, -0.2) is 0 Å². The number of rotatable bonds is 5. The topological polar surface area (TPSA) is 35.2 Å². The Morgan fingerprint density at radius 3 is 2.63 bits per heavy atom. The van der Waals surface area contributed by atoms with Crippen LogP contribution in [0.25, 0.3) is 0 Å². The fourth-order valence-electron chi connectivity index (χ4n) is 1.95. The quantitative estimate of drug-likeness (QED) is 0.843. The molecular weight excluding hydrogens is 254 g/mol. The van der Waals surface area contributed by atoms with Crippen molar-refractivity contribution in [3.05, 3.63) is 59.2 Å². The maximum atomic E-state index is 5.69. The number of methoxy groups -OCH3 is 1. The molecule has 0 aromatic heterocycles. The summed E-state index contributed by atoms with van der Waals surface area (Å²) in [5.41, 5.74) is 9.33. The minimum absolute atomic E-state index is 0.562. The summed E-state index contributed by atoms with van der Waals surface area (Å²) in [5, 5.41) is 0. The van der Waals surface area contributed by atoms with Crippen LogP contribution in [0.15, 0.2) is 47.4 Å². The molecule has 0 atom stereocenters. The molecule has 2 nitrogen and oxygen atoms in total. The van der Waals surface area contributed by atoms with Gasteiger partial charge in [0.15, 0.2) is 0 Å². The Labute approximate surface area is 119 Å². The fraction of sp³-hybridized carbons (Fsp3) is 0.250. The highest BCUT2D eigenvalue weighted by Gasteiger charge is 2.06. The zero-order valence-electron chi connectivity index (χ0n) is 11.3. The molecule has 2 rings (SSSR count). The Bertz CT molecular complexity index is 554. The van der Waals surface area contributed by atoms with Crippen molar-refractivity contribution in [1.82, 2.24) is 0 Å². The van der Waals surface area contributed by atoms with E-state index in [0.717, 1.165) is 17.1 Å². The summed E-state index contributed by atoms with van der Waals surface area (Å²) in [7, 11) is 1.71. The molecule has 0 spiro atoms. The zero-order valence-corrected chi connectivity index (χ0v) is 12.2. The van der Waals surface area contributed by atoms with Crippen molar-refractivity contribution >= 4 is 11.8 Å². The summed E-state index contributed by atoms with van der Waals surface area (Å²) in [6.07, 6.45) is 0. The molecule has 0 fully saturated rings. The standard InChI is InChI=1S/C16H19NOS/c1-12-5-3-4-6-16(12)19-11-14-9-13(10-17)7-8-15(14)18-2/h3-9H,10-11,17H2,1-2H3. The van der Waals surface area contributed by atoms with E-state index in [1.807, 2.05) is 23.9 Å². The molecule has 19 heavy (non-hydrogen) atoms. The van der Waals surface area contributed by atoms with E-state index in [4.69, 9.17) is 10.5 Å². The molecular formula is C16H19NOS. The smallest absolute Gasteiger partial charge is 0.122 e. The molecule has 0 aliphatic rings. The van der Waals surface area contributed by atoms with E-state index in [1.165, 1.54) is 16.0 Å². The van der Waals surface area contributed by atoms with Crippen LogP contribution < -0.4 is 10.5 Å². The minimum Gasteiger partial charge on any atom is -0.496 e. The Hall–Kier alpha value is -1.45. The molecule has 0 aliphatic heterocycles. The van der Waals surface area contributed by atoms with Gasteiger partial charge in [-0.1, -0.05) is 24.3 Å². The van der Waals surface area contributed by atoms with Crippen LogP contribution in [0.1, 0.15) is 16.7 Å². The Balaban J connectivity index is 2.16. The van der Waals surface area contributed by atoms with Crippen LogP contribution in [-0.4, -0.2) is 7.11 Å². The highest BCUT2D eigenvalue weighted by atomic mass is 32.2. The fourth-order valence-corrected chi connectivity index (χ4v) is 2.95. The molecule has 0 unspecified atom stereocenters. The average Bonchev–Trinajstić information content (AvgIpc) is 2.46. The highest BCUT2D eigenvalue weighted by Crippen LogP contribution is 2.30. The third-order valence-corrected chi connectivity index (χ3v) is 4.28. The Morgan fingerprint density at radius 1 is 1.16 bits per heavy atom. The van der Waals surface area contributed by atoms with Gasteiger partial charge in [0.05, 0.1) is 7.11 Å².